The van der Waals surface area contributed by atoms with Crippen LogP contribution < -0.4 is 4.72 Å². The zero-order chi connectivity index (χ0) is 16.3. The maximum absolute atomic E-state index is 12.2. The minimum atomic E-state index is -3.82. The molecule has 0 aliphatic heterocycles. The summed E-state index contributed by atoms with van der Waals surface area (Å²) in [5.41, 5.74) is 0.797. The van der Waals surface area contributed by atoms with Crippen LogP contribution in [0, 0.1) is 0 Å². The maximum Gasteiger partial charge on any atom is 0.335 e. The number of rotatable bonds is 5. The van der Waals surface area contributed by atoms with E-state index < -0.39 is 16.0 Å². The molecule has 0 aliphatic carbocycles. The highest BCUT2D eigenvalue weighted by molar-refractivity contribution is 7.92. The summed E-state index contributed by atoms with van der Waals surface area (Å²) in [4.78, 5) is 21.9. The molecule has 0 bridgehead atoms. The fourth-order valence-corrected chi connectivity index (χ4v) is 2.82. The van der Waals surface area contributed by atoms with Gasteiger partial charge in [0.1, 0.15) is 0 Å². The van der Waals surface area contributed by atoms with Crippen molar-refractivity contribution in [1.82, 2.24) is 0 Å². The molecular weight excluding hydrogens is 306 g/mol. The summed E-state index contributed by atoms with van der Waals surface area (Å²) in [6.07, 6.45) is 0. The molecule has 0 aromatic heterocycles. The Hall–Kier alpha value is -2.67. The minimum Gasteiger partial charge on any atom is -0.478 e. The number of benzene rings is 2. The van der Waals surface area contributed by atoms with Crippen molar-refractivity contribution < 1.29 is 23.1 Å². The standard InChI is InChI=1S/C15H13NO5S/c1-10(17)11-2-6-13(7-3-11)16-22(20,21)14-8-4-12(5-9-14)15(18)19/h2-9,16H,1H3,(H,18,19). The van der Waals surface area contributed by atoms with E-state index in [1.807, 2.05) is 0 Å². The number of carbonyl (C=O) groups excluding carboxylic acids is 1. The van der Waals surface area contributed by atoms with Crippen LogP contribution in [0.25, 0.3) is 0 Å². The van der Waals surface area contributed by atoms with Gasteiger partial charge < -0.3 is 5.11 Å². The summed E-state index contributed by atoms with van der Waals surface area (Å²) in [6, 6.07) is 10.9. The molecule has 2 aromatic rings. The average Bonchev–Trinajstić information content (AvgIpc) is 2.47. The number of hydrogen-bond donors (Lipinski definition) is 2. The first-order valence-corrected chi connectivity index (χ1v) is 7.75. The maximum atomic E-state index is 12.2. The van der Waals surface area contributed by atoms with Gasteiger partial charge in [-0.25, -0.2) is 13.2 Å². The second-order valence-electron chi connectivity index (χ2n) is 4.57. The quantitative estimate of drug-likeness (QED) is 0.824. The smallest absolute Gasteiger partial charge is 0.335 e. The molecule has 22 heavy (non-hydrogen) atoms. The third kappa shape index (κ3) is 3.50. The number of carboxylic acids is 1. The van der Waals surface area contributed by atoms with Gasteiger partial charge in [-0.05, 0) is 55.5 Å². The van der Waals surface area contributed by atoms with Gasteiger partial charge in [0.25, 0.3) is 10.0 Å². The van der Waals surface area contributed by atoms with E-state index in [9.17, 15) is 18.0 Å². The summed E-state index contributed by atoms with van der Waals surface area (Å²) >= 11 is 0. The monoisotopic (exact) mass is 319 g/mol. The van der Waals surface area contributed by atoms with E-state index >= 15 is 0 Å². The van der Waals surface area contributed by atoms with Gasteiger partial charge in [-0.3, -0.25) is 9.52 Å². The van der Waals surface area contributed by atoms with Gasteiger partial charge in [0, 0.05) is 11.3 Å². The van der Waals surface area contributed by atoms with E-state index in [0.717, 1.165) is 0 Å². The summed E-state index contributed by atoms with van der Waals surface area (Å²) < 4.78 is 26.7. The van der Waals surface area contributed by atoms with Crippen molar-refractivity contribution in [2.24, 2.45) is 0 Å². The third-order valence-corrected chi connectivity index (χ3v) is 4.35. The number of anilines is 1. The molecule has 0 atom stereocenters. The fourth-order valence-electron chi connectivity index (χ4n) is 1.76. The Kier molecular flexibility index (Phi) is 4.27. The van der Waals surface area contributed by atoms with Crippen molar-refractivity contribution in [2.75, 3.05) is 4.72 Å². The van der Waals surface area contributed by atoms with Gasteiger partial charge in [0.2, 0.25) is 0 Å². The molecule has 0 heterocycles. The van der Waals surface area contributed by atoms with Crippen molar-refractivity contribution in [1.29, 1.82) is 0 Å². The second kappa shape index (κ2) is 5.98. The molecule has 114 valence electrons. The number of aromatic carboxylic acids is 1. The van der Waals surface area contributed by atoms with Crippen LogP contribution in [0.4, 0.5) is 5.69 Å². The predicted molar refractivity (Wildman–Crippen MR) is 80.7 cm³/mol. The average molecular weight is 319 g/mol. The van der Waals surface area contributed by atoms with Gasteiger partial charge >= 0.3 is 5.97 Å². The Morgan fingerprint density at radius 3 is 1.86 bits per heavy atom. The summed E-state index contributed by atoms with van der Waals surface area (Å²) in [5.74, 6) is -1.24. The fraction of sp³-hybridized carbons (Fsp3) is 0.0667. The molecule has 2 aromatic carbocycles. The molecule has 0 radical (unpaired) electrons. The Morgan fingerprint density at radius 1 is 0.909 bits per heavy atom. The van der Waals surface area contributed by atoms with Gasteiger partial charge in [0.05, 0.1) is 10.5 Å². The van der Waals surface area contributed by atoms with Crippen LogP contribution in [0.2, 0.25) is 0 Å². The first-order chi connectivity index (χ1) is 10.3. The minimum absolute atomic E-state index is 0.00441. The Morgan fingerprint density at radius 2 is 1.41 bits per heavy atom. The van der Waals surface area contributed by atoms with E-state index in [4.69, 9.17) is 5.11 Å². The van der Waals surface area contributed by atoms with Crippen LogP contribution in [0.15, 0.2) is 53.4 Å². The number of nitrogens with one attached hydrogen (secondary N) is 1. The topological polar surface area (TPSA) is 101 Å². The van der Waals surface area contributed by atoms with Crippen LogP contribution in [-0.2, 0) is 10.0 Å². The lowest BCUT2D eigenvalue weighted by Crippen LogP contribution is -2.13. The number of carbonyl (C=O) groups is 2. The van der Waals surface area contributed by atoms with Crippen LogP contribution >= 0.6 is 0 Å². The van der Waals surface area contributed by atoms with E-state index in [2.05, 4.69) is 4.72 Å². The van der Waals surface area contributed by atoms with E-state index in [1.165, 1.54) is 55.5 Å². The SMILES string of the molecule is CC(=O)c1ccc(NS(=O)(=O)c2ccc(C(=O)O)cc2)cc1. The lowest BCUT2D eigenvalue weighted by atomic mass is 10.1. The van der Waals surface area contributed by atoms with Gasteiger partial charge in [0.15, 0.2) is 5.78 Å². The Bertz CT molecular complexity index is 808. The van der Waals surface area contributed by atoms with Crippen molar-refractivity contribution in [3.63, 3.8) is 0 Å². The molecule has 0 aliphatic rings. The first kappa shape index (κ1) is 15.7. The summed E-state index contributed by atoms with van der Waals surface area (Å²) in [6.45, 7) is 1.42. The van der Waals surface area contributed by atoms with Crippen molar-refractivity contribution in [3.8, 4) is 0 Å². The first-order valence-electron chi connectivity index (χ1n) is 6.27. The highest BCUT2D eigenvalue weighted by Gasteiger charge is 2.15. The van der Waals surface area contributed by atoms with Crippen LogP contribution in [0.5, 0.6) is 0 Å². The van der Waals surface area contributed by atoms with Crippen molar-refractivity contribution in [3.05, 3.63) is 59.7 Å². The number of ketones is 1. The van der Waals surface area contributed by atoms with E-state index in [-0.39, 0.29) is 16.2 Å². The number of Topliss-reactive ketones (excluding diaryl/α,β-unsaturated/α-hetero) is 1. The lowest BCUT2D eigenvalue weighted by Gasteiger charge is -2.08. The predicted octanol–water partition coefficient (Wildman–Crippen LogP) is 2.39. The largest absolute Gasteiger partial charge is 0.478 e. The molecule has 7 heteroatoms. The molecule has 2 rings (SSSR count). The third-order valence-electron chi connectivity index (χ3n) is 2.96. The molecule has 6 nitrogen and oxygen atoms in total. The summed E-state index contributed by atoms with van der Waals surface area (Å²) in [7, 11) is -3.82. The molecule has 0 fully saturated rings. The number of hydrogen-bond acceptors (Lipinski definition) is 4. The highest BCUT2D eigenvalue weighted by Crippen LogP contribution is 2.17. The Balaban J connectivity index is 2.23. The van der Waals surface area contributed by atoms with Crippen molar-refractivity contribution in [2.45, 2.75) is 11.8 Å². The normalized spacial score (nSPS) is 11.0. The molecule has 2 N–H and O–H groups in total. The lowest BCUT2D eigenvalue weighted by molar-refractivity contribution is 0.0696. The second-order valence-corrected chi connectivity index (χ2v) is 6.25. The van der Waals surface area contributed by atoms with Gasteiger partial charge in [-0.15, -0.1) is 0 Å². The van der Waals surface area contributed by atoms with Gasteiger partial charge in [-0.1, -0.05) is 0 Å². The van der Waals surface area contributed by atoms with Crippen molar-refractivity contribution >= 4 is 27.5 Å². The number of carboxylic acid groups (broad SMARTS) is 1. The zero-order valence-corrected chi connectivity index (χ0v) is 12.4. The molecular formula is C15H13NO5S. The van der Waals surface area contributed by atoms with Gasteiger partial charge in [-0.2, -0.15) is 0 Å². The zero-order valence-electron chi connectivity index (χ0n) is 11.6. The van der Waals surface area contributed by atoms with Crippen LogP contribution in [-0.4, -0.2) is 25.3 Å². The molecule has 0 saturated heterocycles. The van der Waals surface area contributed by atoms with E-state index in [1.54, 1.807) is 0 Å². The molecule has 0 saturated carbocycles. The molecule has 0 unspecified atom stereocenters. The Labute approximate surface area is 127 Å². The van der Waals surface area contributed by atoms with Crippen LogP contribution in [0.1, 0.15) is 27.6 Å². The highest BCUT2D eigenvalue weighted by atomic mass is 32.2. The molecule has 0 spiro atoms. The molecule has 0 amide bonds. The van der Waals surface area contributed by atoms with E-state index in [0.29, 0.717) is 11.3 Å². The summed E-state index contributed by atoms with van der Waals surface area (Å²) in [5, 5.41) is 8.79. The number of sulfonamides is 1. The van der Waals surface area contributed by atoms with Crippen LogP contribution in [0.3, 0.4) is 0 Å².